The molecule has 0 bridgehead atoms. The molecule has 0 atom stereocenters. The number of sulfonamides is 1. The second-order valence-electron chi connectivity index (χ2n) is 3.97. The van der Waals surface area contributed by atoms with Gasteiger partial charge >= 0.3 is 0 Å². The maximum atomic E-state index is 12.1. The Morgan fingerprint density at radius 1 is 1.25 bits per heavy atom. The zero-order chi connectivity index (χ0) is 14.8. The fourth-order valence-corrected chi connectivity index (χ4v) is 2.77. The number of aromatic amines is 1. The number of halogens is 1. The number of rotatable bonds is 4. The second-order valence-corrected chi connectivity index (χ2v) is 6.06. The molecular weight excluding hydrogens is 304 g/mol. The van der Waals surface area contributed by atoms with Crippen molar-refractivity contribution in [2.75, 3.05) is 4.72 Å². The van der Waals surface area contributed by atoms with Gasteiger partial charge in [-0.1, -0.05) is 23.7 Å². The molecule has 1 aromatic carbocycles. The molecule has 0 unspecified atom stereocenters. The van der Waals surface area contributed by atoms with Crippen LogP contribution in [0.1, 0.15) is 5.56 Å². The smallest absolute Gasteiger partial charge is 0.266 e. The summed E-state index contributed by atoms with van der Waals surface area (Å²) in [6, 6.07) is 7.31. The molecule has 106 valence electrons. The number of pyridine rings is 1. The van der Waals surface area contributed by atoms with Gasteiger partial charge in [0.15, 0.2) is 0 Å². The van der Waals surface area contributed by atoms with E-state index in [1.165, 1.54) is 12.1 Å². The van der Waals surface area contributed by atoms with E-state index in [1.54, 1.807) is 12.1 Å². The molecule has 1 aromatic heterocycles. The molecule has 2 rings (SSSR count). The first-order valence-corrected chi connectivity index (χ1v) is 7.39. The summed E-state index contributed by atoms with van der Waals surface area (Å²) in [4.78, 5) is 13.2. The summed E-state index contributed by atoms with van der Waals surface area (Å²) < 4.78 is 26.5. The summed E-state index contributed by atoms with van der Waals surface area (Å²) in [7, 11) is -3.84. The Kier molecular flexibility index (Phi) is 4.12. The first-order chi connectivity index (χ1) is 9.42. The number of aliphatic hydroxyl groups is 1. The van der Waals surface area contributed by atoms with Crippen LogP contribution < -0.4 is 10.3 Å². The van der Waals surface area contributed by atoms with Crippen molar-refractivity contribution in [1.29, 1.82) is 0 Å². The molecule has 0 spiro atoms. The Morgan fingerprint density at radius 3 is 2.45 bits per heavy atom. The predicted molar refractivity (Wildman–Crippen MR) is 75.2 cm³/mol. The molecule has 2 aromatic rings. The number of nitrogens with one attached hydrogen (secondary N) is 2. The lowest BCUT2D eigenvalue weighted by Crippen LogP contribution is -2.16. The fraction of sp³-hybridized carbons (Fsp3) is 0.0833. The van der Waals surface area contributed by atoms with Gasteiger partial charge in [0.2, 0.25) is 0 Å². The van der Waals surface area contributed by atoms with Crippen LogP contribution in [0.25, 0.3) is 0 Å². The molecular formula is C12H11ClN2O4S. The van der Waals surface area contributed by atoms with Crippen molar-refractivity contribution in [3.63, 3.8) is 0 Å². The largest absolute Gasteiger partial charge is 0.392 e. The summed E-state index contributed by atoms with van der Waals surface area (Å²) in [5.41, 5.74) is 0.447. The molecule has 0 aliphatic rings. The summed E-state index contributed by atoms with van der Waals surface area (Å²) in [5, 5.41) is 8.70. The molecule has 0 amide bonds. The van der Waals surface area contributed by atoms with Crippen LogP contribution in [0.4, 0.5) is 5.69 Å². The highest BCUT2D eigenvalue weighted by molar-refractivity contribution is 7.92. The number of hydrogen-bond donors (Lipinski definition) is 3. The molecule has 0 radical (unpaired) electrons. The maximum absolute atomic E-state index is 12.1. The third-order valence-corrected chi connectivity index (χ3v) is 4.17. The third-order valence-electron chi connectivity index (χ3n) is 2.53. The Hall–Kier alpha value is -1.83. The molecule has 8 heteroatoms. The summed E-state index contributed by atoms with van der Waals surface area (Å²) >= 11 is 5.60. The Bertz CT molecular complexity index is 769. The van der Waals surface area contributed by atoms with Crippen molar-refractivity contribution >= 4 is 27.3 Å². The van der Waals surface area contributed by atoms with Gasteiger partial charge in [-0.2, -0.15) is 0 Å². The van der Waals surface area contributed by atoms with E-state index < -0.39 is 15.6 Å². The van der Waals surface area contributed by atoms with Crippen LogP contribution in [0, 0.1) is 0 Å². The predicted octanol–water partition coefficient (Wildman–Crippen LogP) is 1.32. The molecule has 0 aliphatic heterocycles. The van der Waals surface area contributed by atoms with Gasteiger partial charge in [-0.25, -0.2) is 8.42 Å². The van der Waals surface area contributed by atoms with E-state index in [9.17, 15) is 13.2 Å². The molecule has 0 aliphatic carbocycles. The molecule has 6 nitrogen and oxygen atoms in total. The molecule has 1 heterocycles. The van der Waals surface area contributed by atoms with Gasteiger partial charge < -0.3 is 10.1 Å². The normalized spacial score (nSPS) is 11.3. The summed E-state index contributed by atoms with van der Waals surface area (Å²) in [6.45, 7) is -0.122. The second kappa shape index (κ2) is 5.66. The number of H-pyrrole nitrogens is 1. The Balaban J connectivity index is 2.30. The first kappa shape index (κ1) is 14.6. The van der Waals surface area contributed by atoms with E-state index in [1.807, 2.05) is 0 Å². The molecule has 0 saturated carbocycles. The van der Waals surface area contributed by atoms with E-state index in [-0.39, 0.29) is 16.5 Å². The Morgan fingerprint density at radius 2 is 1.90 bits per heavy atom. The van der Waals surface area contributed by atoms with Gasteiger partial charge in [0.1, 0.15) is 9.92 Å². The van der Waals surface area contributed by atoms with Crippen molar-refractivity contribution in [2.24, 2.45) is 0 Å². The van der Waals surface area contributed by atoms with Crippen LogP contribution in [0.15, 0.2) is 46.2 Å². The van der Waals surface area contributed by atoms with Crippen LogP contribution in [-0.2, 0) is 16.6 Å². The van der Waals surface area contributed by atoms with Gasteiger partial charge in [0, 0.05) is 11.9 Å². The van der Waals surface area contributed by atoms with Crippen LogP contribution in [0.3, 0.4) is 0 Å². The van der Waals surface area contributed by atoms with Crippen molar-refractivity contribution in [2.45, 2.75) is 11.5 Å². The Labute approximate surface area is 120 Å². The SMILES string of the molecule is O=c1[nH]cc(S(=O)(=O)Nc2ccc(CO)cc2)cc1Cl. The number of anilines is 1. The lowest BCUT2D eigenvalue weighted by molar-refractivity contribution is 0.282. The highest BCUT2D eigenvalue weighted by Gasteiger charge is 2.15. The highest BCUT2D eigenvalue weighted by atomic mass is 35.5. The van der Waals surface area contributed by atoms with Crippen molar-refractivity contribution in [3.05, 3.63) is 57.5 Å². The van der Waals surface area contributed by atoms with Crippen molar-refractivity contribution in [1.82, 2.24) is 4.98 Å². The topological polar surface area (TPSA) is 99.3 Å². The zero-order valence-corrected chi connectivity index (χ0v) is 11.7. The number of aromatic nitrogens is 1. The monoisotopic (exact) mass is 314 g/mol. The first-order valence-electron chi connectivity index (χ1n) is 5.53. The maximum Gasteiger partial charge on any atom is 0.266 e. The molecule has 0 saturated heterocycles. The van der Waals surface area contributed by atoms with E-state index in [4.69, 9.17) is 16.7 Å². The lowest BCUT2D eigenvalue weighted by atomic mass is 10.2. The number of hydrogen-bond acceptors (Lipinski definition) is 4. The van der Waals surface area contributed by atoms with Crippen LogP contribution in [0.2, 0.25) is 5.02 Å². The minimum absolute atomic E-state index is 0.122. The van der Waals surface area contributed by atoms with E-state index >= 15 is 0 Å². The van der Waals surface area contributed by atoms with Gasteiger partial charge in [-0.3, -0.25) is 9.52 Å². The fourth-order valence-electron chi connectivity index (χ4n) is 1.49. The van der Waals surface area contributed by atoms with E-state index in [0.717, 1.165) is 12.3 Å². The van der Waals surface area contributed by atoms with Gasteiger partial charge in [-0.05, 0) is 23.8 Å². The highest BCUT2D eigenvalue weighted by Crippen LogP contribution is 2.17. The quantitative estimate of drug-likeness (QED) is 0.792. The van der Waals surface area contributed by atoms with Gasteiger partial charge in [0.25, 0.3) is 15.6 Å². The molecule has 0 fully saturated rings. The van der Waals surface area contributed by atoms with Gasteiger partial charge in [0.05, 0.1) is 6.61 Å². The van der Waals surface area contributed by atoms with Crippen molar-refractivity contribution in [3.8, 4) is 0 Å². The number of aliphatic hydroxyl groups excluding tert-OH is 1. The van der Waals surface area contributed by atoms with Gasteiger partial charge in [-0.15, -0.1) is 0 Å². The van der Waals surface area contributed by atoms with Crippen LogP contribution in [0.5, 0.6) is 0 Å². The van der Waals surface area contributed by atoms with Crippen molar-refractivity contribution < 1.29 is 13.5 Å². The molecule has 20 heavy (non-hydrogen) atoms. The summed E-state index contributed by atoms with van der Waals surface area (Å²) in [5.74, 6) is 0. The van der Waals surface area contributed by atoms with Crippen LogP contribution >= 0.6 is 11.6 Å². The van der Waals surface area contributed by atoms with Crippen LogP contribution in [-0.4, -0.2) is 18.5 Å². The zero-order valence-electron chi connectivity index (χ0n) is 10.1. The standard InChI is InChI=1S/C12H11ClN2O4S/c13-11-5-10(6-14-12(11)17)20(18,19)15-9-3-1-8(7-16)2-4-9/h1-6,15-16H,7H2,(H,14,17). The minimum atomic E-state index is -3.84. The molecule has 3 N–H and O–H groups in total. The van der Waals surface area contributed by atoms with E-state index in [0.29, 0.717) is 11.3 Å². The average molecular weight is 315 g/mol. The van der Waals surface area contributed by atoms with E-state index in [2.05, 4.69) is 9.71 Å². The minimum Gasteiger partial charge on any atom is -0.392 e. The lowest BCUT2D eigenvalue weighted by Gasteiger charge is -2.08. The summed E-state index contributed by atoms with van der Waals surface area (Å²) in [6.07, 6.45) is 1.07. The average Bonchev–Trinajstić information content (AvgIpc) is 2.42. The number of benzene rings is 1. The third kappa shape index (κ3) is 3.19.